The number of nitrogens with zero attached hydrogens (tertiary/aromatic N) is 1. The Morgan fingerprint density at radius 1 is 1.37 bits per heavy atom. The van der Waals surface area contributed by atoms with Crippen molar-refractivity contribution >= 4 is 11.3 Å². The number of rotatable bonds is 5. The van der Waals surface area contributed by atoms with Crippen LogP contribution >= 0.6 is 11.3 Å². The minimum atomic E-state index is 0.149. The molecule has 1 aromatic heterocycles. The molecule has 4 rings (SSSR count). The van der Waals surface area contributed by atoms with Gasteiger partial charge in [-0.2, -0.15) is 0 Å². The molecule has 4 heteroatoms. The third-order valence-corrected chi connectivity index (χ3v) is 5.98. The summed E-state index contributed by atoms with van der Waals surface area (Å²) >= 11 is 1.97. The van der Waals surface area contributed by atoms with E-state index in [9.17, 15) is 0 Å². The van der Waals surface area contributed by atoms with E-state index in [1.165, 1.54) is 42.8 Å². The summed E-state index contributed by atoms with van der Waals surface area (Å²) < 4.78 is 5.77. The topological polar surface area (TPSA) is 34.1 Å². The van der Waals surface area contributed by atoms with E-state index in [4.69, 9.17) is 9.72 Å². The van der Waals surface area contributed by atoms with Crippen molar-refractivity contribution in [2.75, 3.05) is 6.61 Å². The van der Waals surface area contributed by atoms with Gasteiger partial charge in [0.1, 0.15) is 5.01 Å². The van der Waals surface area contributed by atoms with Crippen LogP contribution in [0.5, 0.6) is 0 Å². The molecule has 1 N–H and O–H groups in total. The fraction of sp³-hybridized carbons (Fsp3) is 0.800. The van der Waals surface area contributed by atoms with Crippen molar-refractivity contribution in [1.82, 2.24) is 10.3 Å². The first kappa shape index (κ1) is 12.3. The summed E-state index contributed by atoms with van der Waals surface area (Å²) in [6.45, 7) is 2.92. The summed E-state index contributed by atoms with van der Waals surface area (Å²) in [6.07, 6.45) is 9.10. The summed E-state index contributed by atoms with van der Waals surface area (Å²) in [5.41, 5.74) is 1.53. The highest BCUT2D eigenvalue weighted by Crippen LogP contribution is 2.47. The van der Waals surface area contributed by atoms with Crippen LogP contribution in [0.15, 0.2) is 0 Å². The smallest absolute Gasteiger partial charge is 0.113 e. The molecule has 0 atom stereocenters. The summed E-state index contributed by atoms with van der Waals surface area (Å²) in [7, 11) is 0. The maximum absolute atomic E-state index is 5.77. The second-order valence-electron chi connectivity index (χ2n) is 6.23. The van der Waals surface area contributed by atoms with Gasteiger partial charge in [-0.3, -0.25) is 0 Å². The number of thiazole rings is 1. The van der Waals surface area contributed by atoms with Gasteiger partial charge in [-0.15, -0.1) is 11.3 Å². The van der Waals surface area contributed by atoms with Crippen LogP contribution in [0.25, 0.3) is 0 Å². The standard InChI is InChI=1S/C15H22N2OS/c1-2-18-11-8-15(9-11,17-10-6-7-10)14-16-12-4-3-5-13(12)19-14/h10-11,17H,2-9H2,1H3. The largest absolute Gasteiger partial charge is 0.378 e. The van der Waals surface area contributed by atoms with Gasteiger partial charge in [-0.1, -0.05) is 0 Å². The van der Waals surface area contributed by atoms with E-state index in [2.05, 4.69) is 12.2 Å². The van der Waals surface area contributed by atoms with Crippen molar-refractivity contribution in [2.45, 2.75) is 69.6 Å². The van der Waals surface area contributed by atoms with Gasteiger partial charge in [0, 0.05) is 17.5 Å². The monoisotopic (exact) mass is 278 g/mol. The lowest BCUT2D eigenvalue weighted by atomic mass is 9.74. The summed E-state index contributed by atoms with van der Waals surface area (Å²) in [5, 5.41) is 5.21. The predicted octanol–water partition coefficient (Wildman–Crippen LogP) is 2.78. The van der Waals surface area contributed by atoms with E-state index in [1.54, 1.807) is 4.88 Å². The molecule has 19 heavy (non-hydrogen) atoms. The first-order valence-corrected chi connectivity index (χ1v) is 8.49. The van der Waals surface area contributed by atoms with Crippen LogP contribution in [0.3, 0.4) is 0 Å². The summed E-state index contributed by atoms with van der Waals surface area (Å²) in [5.74, 6) is 0. The third kappa shape index (κ3) is 2.14. The zero-order valence-electron chi connectivity index (χ0n) is 11.6. The SMILES string of the molecule is CCOC1CC(NC2CC2)(c2nc3c(s2)CCC3)C1. The molecular formula is C15H22N2OS. The van der Waals surface area contributed by atoms with Gasteiger partial charge in [0.15, 0.2) is 0 Å². The molecule has 2 saturated carbocycles. The number of ether oxygens (including phenoxy) is 1. The number of hydrogen-bond acceptors (Lipinski definition) is 4. The molecule has 3 nitrogen and oxygen atoms in total. The number of nitrogens with one attached hydrogen (secondary N) is 1. The van der Waals surface area contributed by atoms with Crippen molar-refractivity contribution in [3.8, 4) is 0 Å². The van der Waals surface area contributed by atoms with Gasteiger partial charge < -0.3 is 10.1 Å². The highest BCUT2D eigenvalue weighted by Gasteiger charge is 2.50. The highest BCUT2D eigenvalue weighted by atomic mass is 32.1. The van der Waals surface area contributed by atoms with Crippen molar-refractivity contribution in [3.63, 3.8) is 0 Å². The molecule has 3 aliphatic carbocycles. The van der Waals surface area contributed by atoms with Crippen LogP contribution in [-0.2, 0) is 23.1 Å². The number of hydrogen-bond donors (Lipinski definition) is 1. The highest BCUT2D eigenvalue weighted by molar-refractivity contribution is 7.12. The van der Waals surface area contributed by atoms with Crippen LogP contribution < -0.4 is 5.32 Å². The Morgan fingerprint density at radius 3 is 2.89 bits per heavy atom. The van der Waals surface area contributed by atoms with Crippen molar-refractivity contribution in [3.05, 3.63) is 15.6 Å². The molecule has 0 unspecified atom stereocenters. The Hall–Kier alpha value is -0.450. The van der Waals surface area contributed by atoms with Gasteiger partial charge in [0.25, 0.3) is 0 Å². The van der Waals surface area contributed by atoms with E-state index in [0.29, 0.717) is 6.10 Å². The maximum atomic E-state index is 5.77. The molecule has 0 bridgehead atoms. The zero-order valence-corrected chi connectivity index (χ0v) is 12.4. The van der Waals surface area contributed by atoms with Crippen LogP contribution in [-0.4, -0.2) is 23.7 Å². The second kappa shape index (κ2) is 4.54. The van der Waals surface area contributed by atoms with Crippen molar-refractivity contribution < 1.29 is 4.74 Å². The van der Waals surface area contributed by atoms with E-state index in [1.807, 2.05) is 11.3 Å². The Bertz CT molecular complexity index is 453. The molecule has 0 aromatic carbocycles. The lowest BCUT2D eigenvalue weighted by Crippen LogP contribution is -2.56. The average Bonchev–Trinajstić information content (AvgIpc) is 2.89. The molecule has 0 radical (unpaired) electrons. The van der Waals surface area contributed by atoms with Crippen LogP contribution in [0, 0.1) is 0 Å². The van der Waals surface area contributed by atoms with Gasteiger partial charge >= 0.3 is 0 Å². The molecule has 1 aromatic rings. The Balaban J connectivity index is 1.56. The van der Waals surface area contributed by atoms with Gasteiger partial charge in [-0.25, -0.2) is 4.98 Å². The van der Waals surface area contributed by atoms with Gasteiger partial charge in [-0.05, 0) is 51.9 Å². The molecule has 0 spiro atoms. The molecule has 2 fully saturated rings. The first-order valence-electron chi connectivity index (χ1n) is 7.67. The Kier molecular flexibility index (Phi) is 2.94. The molecule has 104 valence electrons. The maximum Gasteiger partial charge on any atom is 0.113 e. The lowest BCUT2D eigenvalue weighted by Gasteiger charge is -2.47. The van der Waals surface area contributed by atoms with Crippen LogP contribution in [0.4, 0.5) is 0 Å². The molecule has 0 aliphatic heterocycles. The van der Waals surface area contributed by atoms with E-state index < -0.39 is 0 Å². The quantitative estimate of drug-likeness (QED) is 0.899. The average molecular weight is 278 g/mol. The number of fused-ring (bicyclic) bond motifs is 1. The molecule has 0 saturated heterocycles. The molecular weight excluding hydrogens is 256 g/mol. The van der Waals surface area contributed by atoms with Crippen molar-refractivity contribution in [2.24, 2.45) is 0 Å². The molecule has 0 amide bonds. The van der Waals surface area contributed by atoms with Crippen LogP contribution in [0.2, 0.25) is 0 Å². The summed E-state index contributed by atoms with van der Waals surface area (Å²) in [4.78, 5) is 6.51. The first-order chi connectivity index (χ1) is 9.29. The minimum absolute atomic E-state index is 0.149. The Labute approximate surface area is 118 Å². The Morgan fingerprint density at radius 2 is 2.21 bits per heavy atom. The summed E-state index contributed by atoms with van der Waals surface area (Å²) in [6, 6.07) is 0.737. The van der Waals surface area contributed by atoms with E-state index in [-0.39, 0.29) is 5.54 Å². The van der Waals surface area contributed by atoms with Crippen LogP contribution in [0.1, 0.15) is 54.6 Å². The third-order valence-electron chi connectivity index (χ3n) is 4.62. The van der Waals surface area contributed by atoms with Gasteiger partial charge in [0.2, 0.25) is 0 Å². The van der Waals surface area contributed by atoms with Crippen molar-refractivity contribution in [1.29, 1.82) is 0 Å². The fourth-order valence-electron chi connectivity index (χ4n) is 3.44. The predicted molar refractivity (Wildman–Crippen MR) is 76.6 cm³/mol. The second-order valence-corrected chi connectivity index (χ2v) is 7.31. The normalized spacial score (nSPS) is 33.2. The minimum Gasteiger partial charge on any atom is -0.378 e. The molecule has 1 heterocycles. The van der Waals surface area contributed by atoms with E-state index >= 15 is 0 Å². The van der Waals surface area contributed by atoms with E-state index in [0.717, 1.165) is 25.5 Å². The zero-order chi connectivity index (χ0) is 12.9. The van der Waals surface area contributed by atoms with Gasteiger partial charge in [0.05, 0.1) is 17.3 Å². The molecule has 3 aliphatic rings. The lowest BCUT2D eigenvalue weighted by molar-refractivity contribution is -0.0544. The number of aryl methyl sites for hydroxylation is 2. The number of aromatic nitrogens is 1. The fourth-order valence-corrected chi connectivity index (χ4v) is 4.76.